The van der Waals surface area contributed by atoms with E-state index in [0.717, 1.165) is 31.4 Å². The molecule has 0 spiro atoms. The summed E-state index contributed by atoms with van der Waals surface area (Å²) < 4.78 is 35.7. The number of unbranched alkanes of at least 4 members (excludes halogenated alkanes) is 5. The highest BCUT2D eigenvalue weighted by Gasteiger charge is 2.40. The first kappa shape index (κ1) is 22.6. The van der Waals surface area contributed by atoms with Gasteiger partial charge in [-0.05, 0) is 37.1 Å². The predicted octanol–water partition coefficient (Wildman–Crippen LogP) is 5.42. The van der Waals surface area contributed by atoms with Crippen molar-refractivity contribution in [1.82, 2.24) is 0 Å². The zero-order valence-corrected chi connectivity index (χ0v) is 17.1. The second kappa shape index (κ2) is 12.0. The molecule has 0 aliphatic carbocycles. The fourth-order valence-corrected chi connectivity index (χ4v) is 2.93. The molecule has 1 aromatic carbocycles. The van der Waals surface area contributed by atoms with E-state index in [1.165, 1.54) is 12.8 Å². The monoisotopic (exact) mass is 396 g/mol. The number of esters is 1. The van der Waals surface area contributed by atoms with E-state index in [2.05, 4.69) is 6.92 Å². The first-order valence-corrected chi connectivity index (χ1v) is 10.5. The van der Waals surface area contributed by atoms with Crippen LogP contribution in [0.4, 0.5) is 4.39 Å². The van der Waals surface area contributed by atoms with Crippen LogP contribution in [0, 0.1) is 5.92 Å². The van der Waals surface area contributed by atoms with Crippen molar-refractivity contribution in [3.05, 3.63) is 24.3 Å². The minimum absolute atomic E-state index is 0.0413. The fourth-order valence-electron chi connectivity index (χ4n) is 2.93. The quantitative estimate of drug-likeness (QED) is 0.268. The van der Waals surface area contributed by atoms with Crippen LogP contribution in [0.5, 0.6) is 11.5 Å². The maximum Gasteiger partial charge on any atom is 0.320 e. The number of benzene rings is 1. The van der Waals surface area contributed by atoms with E-state index in [4.69, 9.17) is 18.9 Å². The van der Waals surface area contributed by atoms with Gasteiger partial charge in [0.1, 0.15) is 17.4 Å². The van der Waals surface area contributed by atoms with E-state index in [9.17, 15) is 9.18 Å². The predicted molar refractivity (Wildman–Crippen MR) is 105 cm³/mol. The molecule has 1 heterocycles. The van der Waals surface area contributed by atoms with Crippen LogP contribution in [-0.2, 0) is 14.3 Å². The molecule has 0 unspecified atom stereocenters. The van der Waals surface area contributed by atoms with E-state index in [1.54, 1.807) is 24.3 Å². The molecular weight excluding hydrogens is 363 g/mol. The molecule has 1 aliphatic heterocycles. The Hall–Kier alpha value is -1.66. The molecule has 0 N–H and O–H groups in total. The summed E-state index contributed by atoms with van der Waals surface area (Å²) in [5.74, 6) is 0.0478. The summed E-state index contributed by atoms with van der Waals surface area (Å²) in [6, 6.07) is 4.84. The first-order chi connectivity index (χ1) is 13.6. The molecule has 5 nitrogen and oxygen atoms in total. The molecule has 158 valence electrons. The molecule has 6 heteroatoms. The molecule has 1 aromatic rings. The Balaban J connectivity index is 1.71. The van der Waals surface area contributed by atoms with Gasteiger partial charge in [-0.1, -0.05) is 46.0 Å². The van der Waals surface area contributed by atoms with Gasteiger partial charge in [0.2, 0.25) is 0 Å². The van der Waals surface area contributed by atoms with Gasteiger partial charge in [-0.15, -0.1) is 0 Å². The number of hydrogen-bond donors (Lipinski definition) is 0. The Morgan fingerprint density at radius 3 is 2.25 bits per heavy atom. The molecule has 1 fully saturated rings. The number of halogens is 1. The summed E-state index contributed by atoms with van der Waals surface area (Å²) in [6.07, 6.45) is 7.39. The van der Waals surface area contributed by atoms with Crippen LogP contribution >= 0.6 is 0 Å². The Morgan fingerprint density at radius 2 is 1.61 bits per heavy atom. The number of ether oxygens (including phenoxy) is 4. The Labute approximate surface area is 167 Å². The Kier molecular flexibility index (Phi) is 9.71. The van der Waals surface area contributed by atoms with Crippen LogP contribution in [0.25, 0.3) is 0 Å². The molecule has 0 radical (unpaired) electrons. The van der Waals surface area contributed by atoms with E-state index >= 15 is 0 Å². The highest BCUT2D eigenvalue weighted by Crippen LogP contribution is 2.29. The lowest BCUT2D eigenvalue weighted by Crippen LogP contribution is -2.44. The average Bonchev–Trinajstić information content (AvgIpc) is 2.70. The van der Waals surface area contributed by atoms with Crippen molar-refractivity contribution in [3.63, 3.8) is 0 Å². The molecule has 1 saturated heterocycles. The molecule has 0 saturated carbocycles. The third kappa shape index (κ3) is 7.76. The lowest BCUT2D eigenvalue weighted by atomic mass is 10.1. The van der Waals surface area contributed by atoms with Crippen LogP contribution in [-0.4, -0.2) is 31.8 Å². The molecule has 0 bridgehead atoms. The van der Waals surface area contributed by atoms with Crippen molar-refractivity contribution in [2.75, 3.05) is 19.8 Å². The Bertz CT molecular complexity index is 567. The van der Waals surface area contributed by atoms with Gasteiger partial charge in [0.25, 0.3) is 0 Å². The number of hydrogen-bond acceptors (Lipinski definition) is 5. The molecule has 1 aliphatic rings. The van der Waals surface area contributed by atoms with Crippen molar-refractivity contribution in [2.24, 2.45) is 5.92 Å². The molecule has 0 atom stereocenters. The largest absolute Gasteiger partial charge is 0.494 e. The summed E-state index contributed by atoms with van der Waals surface area (Å²) in [5, 5.41) is 0. The number of alkyl halides is 1. The molecule has 28 heavy (non-hydrogen) atoms. The van der Waals surface area contributed by atoms with Gasteiger partial charge >= 0.3 is 12.0 Å². The second-order valence-electron chi connectivity index (χ2n) is 7.24. The van der Waals surface area contributed by atoms with Crippen molar-refractivity contribution >= 4 is 5.97 Å². The van der Waals surface area contributed by atoms with E-state index in [1.807, 2.05) is 6.92 Å². The zero-order chi connectivity index (χ0) is 20.2. The minimum Gasteiger partial charge on any atom is -0.494 e. The van der Waals surface area contributed by atoms with Crippen LogP contribution in [0.15, 0.2) is 24.3 Å². The summed E-state index contributed by atoms with van der Waals surface area (Å²) in [7, 11) is 0. The number of rotatable bonds is 12. The van der Waals surface area contributed by atoms with Crippen molar-refractivity contribution in [1.29, 1.82) is 0 Å². The van der Waals surface area contributed by atoms with Gasteiger partial charge in [-0.3, -0.25) is 4.79 Å². The van der Waals surface area contributed by atoms with Gasteiger partial charge in [-0.2, -0.15) is 4.39 Å². The SMILES string of the molecule is CCCCCCOc1ccc(OC(=O)C2COC(F)(CCCCC)OC2)cc1. The third-order valence-corrected chi connectivity index (χ3v) is 4.72. The van der Waals surface area contributed by atoms with Crippen LogP contribution in [0.3, 0.4) is 0 Å². The highest BCUT2D eigenvalue weighted by molar-refractivity contribution is 5.75. The second-order valence-corrected chi connectivity index (χ2v) is 7.24. The number of carbonyl (C=O) groups is 1. The lowest BCUT2D eigenvalue weighted by Gasteiger charge is -2.33. The van der Waals surface area contributed by atoms with Crippen molar-refractivity contribution < 1.29 is 28.1 Å². The van der Waals surface area contributed by atoms with Gasteiger partial charge in [0, 0.05) is 6.42 Å². The van der Waals surface area contributed by atoms with Gasteiger partial charge < -0.3 is 18.9 Å². The van der Waals surface area contributed by atoms with Crippen LogP contribution in [0.2, 0.25) is 0 Å². The normalized spacial score (nSPS) is 22.0. The molecule has 0 aromatic heterocycles. The maximum absolute atomic E-state index is 14.4. The van der Waals surface area contributed by atoms with E-state index in [-0.39, 0.29) is 19.6 Å². The summed E-state index contributed by atoms with van der Waals surface area (Å²) in [5.41, 5.74) is 0. The molecular formula is C22H33FO5. The highest BCUT2D eigenvalue weighted by atomic mass is 19.2. The minimum atomic E-state index is -2.08. The summed E-state index contributed by atoms with van der Waals surface area (Å²) in [6.45, 7) is 4.82. The zero-order valence-electron chi connectivity index (χ0n) is 17.1. The topological polar surface area (TPSA) is 54.0 Å². The molecule has 2 rings (SSSR count). The van der Waals surface area contributed by atoms with E-state index < -0.39 is 17.9 Å². The van der Waals surface area contributed by atoms with Crippen LogP contribution < -0.4 is 9.47 Å². The maximum atomic E-state index is 14.4. The third-order valence-electron chi connectivity index (χ3n) is 4.72. The average molecular weight is 396 g/mol. The van der Waals surface area contributed by atoms with E-state index in [0.29, 0.717) is 18.8 Å². The smallest absolute Gasteiger partial charge is 0.320 e. The van der Waals surface area contributed by atoms with Gasteiger partial charge in [0.05, 0.1) is 19.8 Å². The molecule has 0 amide bonds. The van der Waals surface area contributed by atoms with Crippen molar-refractivity contribution in [3.8, 4) is 11.5 Å². The Morgan fingerprint density at radius 1 is 1.00 bits per heavy atom. The van der Waals surface area contributed by atoms with Gasteiger partial charge in [-0.25, -0.2) is 0 Å². The summed E-state index contributed by atoms with van der Waals surface area (Å²) >= 11 is 0. The standard InChI is InChI=1S/C22H33FO5/c1-3-5-7-9-15-25-19-10-12-20(13-11-19)28-21(24)18-16-26-22(23,27-17-18)14-8-6-4-2/h10-13,18H,3-9,14-17H2,1-2H3. The lowest BCUT2D eigenvalue weighted by molar-refractivity contribution is -0.352. The fraction of sp³-hybridized carbons (Fsp3) is 0.682. The van der Waals surface area contributed by atoms with Gasteiger partial charge in [0.15, 0.2) is 0 Å². The number of carbonyl (C=O) groups excluding carboxylic acids is 1. The van der Waals surface area contributed by atoms with Crippen molar-refractivity contribution in [2.45, 2.75) is 71.3 Å². The summed E-state index contributed by atoms with van der Waals surface area (Å²) in [4.78, 5) is 12.3. The first-order valence-electron chi connectivity index (χ1n) is 10.5. The van der Waals surface area contributed by atoms with Crippen LogP contribution in [0.1, 0.15) is 65.2 Å².